The quantitative estimate of drug-likeness (QED) is 0.184. The smallest absolute Gasteiger partial charge is 0.200 e. The van der Waals surface area contributed by atoms with Gasteiger partial charge in [-0.2, -0.15) is 70.2 Å². The number of hydrogen-bond donors (Lipinski definition) is 0. The lowest BCUT2D eigenvalue weighted by Crippen LogP contribution is -2.74. The molecule has 0 unspecified atom stereocenters. The van der Waals surface area contributed by atoms with Gasteiger partial charge in [-0.05, 0) is 13.3 Å². The molecule has 0 bridgehead atoms. The Hall–Kier alpha value is -1.64. The molecule has 0 aromatic heterocycles. The first kappa shape index (κ1) is 30.4. The van der Waals surface area contributed by atoms with Crippen molar-refractivity contribution in [3.63, 3.8) is 0 Å². The molecule has 32 heavy (non-hydrogen) atoms. The van der Waals surface area contributed by atoms with Crippen molar-refractivity contribution in [1.29, 1.82) is 0 Å². The van der Waals surface area contributed by atoms with Crippen LogP contribution in [-0.4, -0.2) is 47.4 Å². The highest BCUT2D eigenvalue weighted by molar-refractivity contribution is 5.16. The zero-order chi connectivity index (χ0) is 26.2. The van der Waals surface area contributed by atoms with Crippen molar-refractivity contribution in [3.8, 4) is 0 Å². The van der Waals surface area contributed by atoms with Crippen molar-refractivity contribution in [2.24, 2.45) is 0 Å². The van der Waals surface area contributed by atoms with Crippen LogP contribution in [0.5, 0.6) is 0 Å². The van der Waals surface area contributed by atoms with Crippen molar-refractivity contribution in [1.82, 2.24) is 0 Å². The maximum absolute atomic E-state index is 13.6. The predicted octanol–water partition coefficient (Wildman–Crippen LogP) is 8.00. The van der Waals surface area contributed by atoms with Crippen LogP contribution in [-0.2, 0) is 0 Å². The predicted molar refractivity (Wildman–Crippen MR) is 78.4 cm³/mol. The SMILES string of the molecule is C=CCC(F)(F)C(F)(F)C(F)(F)C(F)(F)C(F)(F)C(F)(F)C(F)(F)C(F)(F)CC/C=C/C. The molecule has 0 atom stereocenters. The molecule has 0 radical (unpaired) electrons. The maximum atomic E-state index is 13.6. The highest BCUT2D eigenvalue weighted by Gasteiger charge is 2.94. The van der Waals surface area contributed by atoms with Crippen LogP contribution in [0.4, 0.5) is 70.2 Å². The second-order valence-electron chi connectivity index (χ2n) is 6.46. The van der Waals surface area contributed by atoms with E-state index in [1.54, 1.807) is 0 Å². The van der Waals surface area contributed by atoms with Gasteiger partial charge in [-0.25, -0.2) is 0 Å². The summed E-state index contributed by atoms with van der Waals surface area (Å²) in [4.78, 5) is 0. The van der Waals surface area contributed by atoms with Gasteiger partial charge in [0.15, 0.2) is 0 Å². The van der Waals surface area contributed by atoms with Gasteiger partial charge in [0.2, 0.25) is 0 Å². The largest absolute Gasteiger partial charge is 0.384 e. The number of allylic oxidation sites excluding steroid dienone is 3. The van der Waals surface area contributed by atoms with Gasteiger partial charge in [0.1, 0.15) is 0 Å². The summed E-state index contributed by atoms with van der Waals surface area (Å²) < 4.78 is 215. The molecule has 0 spiro atoms. The van der Waals surface area contributed by atoms with Crippen LogP contribution in [0.2, 0.25) is 0 Å². The fourth-order valence-electron chi connectivity index (χ4n) is 2.15. The van der Waals surface area contributed by atoms with Gasteiger partial charge in [-0.1, -0.05) is 18.2 Å². The van der Waals surface area contributed by atoms with Crippen molar-refractivity contribution < 1.29 is 70.2 Å². The van der Waals surface area contributed by atoms with Crippen LogP contribution >= 0.6 is 0 Å². The molecule has 0 aromatic rings. The summed E-state index contributed by atoms with van der Waals surface area (Å²) in [6, 6.07) is 0. The summed E-state index contributed by atoms with van der Waals surface area (Å²) in [5.41, 5.74) is 0. The van der Waals surface area contributed by atoms with Gasteiger partial charge in [0, 0.05) is 12.8 Å². The van der Waals surface area contributed by atoms with Gasteiger partial charge in [0.05, 0.1) is 0 Å². The molecule has 190 valence electrons. The highest BCUT2D eigenvalue weighted by atomic mass is 19.4. The average molecular weight is 510 g/mol. The zero-order valence-electron chi connectivity index (χ0n) is 15.6. The lowest BCUT2D eigenvalue weighted by molar-refractivity contribution is -0.453. The molecule has 0 saturated carbocycles. The highest BCUT2D eigenvalue weighted by Crippen LogP contribution is 2.64. The summed E-state index contributed by atoms with van der Waals surface area (Å²) in [6.07, 6.45) is -4.88. The minimum atomic E-state index is -8.37. The van der Waals surface area contributed by atoms with E-state index in [0.717, 1.165) is 13.0 Å². The summed E-state index contributed by atoms with van der Waals surface area (Å²) in [6.45, 7) is 3.50. The molecule has 0 aromatic carbocycles. The van der Waals surface area contributed by atoms with Crippen LogP contribution < -0.4 is 0 Å². The molecule has 0 rings (SSSR count). The van der Waals surface area contributed by atoms with E-state index in [0.29, 0.717) is 6.08 Å². The molecular weight excluding hydrogens is 496 g/mol. The standard InChI is InChI=1S/C16H14F16/c1-3-5-6-8-10(19,20)12(23,24)14(27,28)16(31,32)15(29,30)13(25,26)11(21,22)9(17,18)7-4-2/h3-5H,2,6-8H2,1H3/b5-3+. The van der Waals surface area contributed by atoms with Gasteiger partial charge in [-0.15, -0.1) is 6.58 Å². The maximum Gasteiger partial charge on any atom is 0.384 e. The third-order valence-electron chi connectivity index (χ3n) is 4.15. The van der Waals surface area contributed by atoms with Gasteiger partial charge in [0.25, 0.3) is 0 Å². The van der Waals surface area contributed by atoms with Gasteiger partial charge in [-0.3, -0.25) is 0 Å². The van der Waals surface area contributed by atoms with E-state index in [2.05, 4.69) is 6.58 Å². The molecule has 0 aliphatic carbocycles. The minimum absolute atomic E-state index is 0.256. The topological polar surface area (TPSA) is 0 Å². The first-order chi connectivity index (χ1) is 13.9. The normalized spacial score (nSPS) is 16.0. The molecule has 0 aliphatic heterocycles. The molecule has 0 heterocycles. The van der Waals surface area contributed by atoms with E-state index >= 15 is 0 Å². The molecular formula is C16H14F16. The van der Waals surface area contributed by atoms with E-state index < -0.39 is 66.6 Å². The Balaban J connectivity index is 6.63. The number of hydrogen-bond acceptors (Lipinski definition) is 0. The molecule has 16 heteroatoms. The Morgan fingerprint density at radius 3 is 1.16 bits per heavy atom. The Bertz CT molecular complexity index is 688. The Morgan fingerprint density at radius 1 is 0.531 bits per heavy atom. The zero-order valence-corrected chi connectivity index (χ0v) is 15.6. The number of halogens is 16. The third-order valence-corrected chi connectivity index (χ3v) is 4.15. The van der Waals surface area contributed by atoms with Crippen molar-refractivity contribution in [3.05, 3.63) is 24.8 Å². The lowest BCUT2D eigenvalue weighted by atomic mass is 9.86. The first-order valence-corrected chi connectivity index (χ1v) is 8.12. The number of alkyl halides is 16. The second-order valence-corrected chi connectivity index (χ2v) is 6.46. The third kappa shape index (κ3) is 4.17. The fraction of sp³-hybridized carbons (Fsp3) is 0.750. The Labute approximate surface area is 169 Å². The molecule has 0 nitrogen and oxygen atoms in total. The lowest BCUT2D eigenvalue weighted by Gasteiger charge is -2.43. The van der Waals surface area contributed by atoms with Crippen LogP contribution in [0.25, 0.3) is 0 Å². The summed E-state index contributed by atoms with van der Waals surface area (Å²) >= 11 is 0. The molecule has 0 saturated heterocycles. The molecule has 0 aliphatic rings. The van der Waals surface area contributed by atoms with Crippen LogP contribution in [0.1, 0.15) is 26.2 Å². The Morgan fingerprint density at radius 2 is 0.844 bits per heavy atom. The average Bonchev–Trinajstić information content (AvgIpc) is 2.60. The fourth-order valence-corrected chi connectivity index (χ4v) is 2.15. The number of rotatable bonds is 12. The van der Waals surface area contributed by atoms with Crippen LogP contribution in [0, 0.1) is 0 Å². The van der Waals surface area contributed by atoms with E-state index in [4.69, 9.17) is 0 Å². The van der Waals surface area contributed by atoms with E-state index in [1.165, 1.54) is 0 Å². The summed E-state index contributed by atoms with van der Waals surface area (Å²) in [5, 5.41) is 0. The molecule has 0 N–H and O–H groups in total. The van der Waals surface area contributed by atoms with Gasteiger partial charge < -0.3 is 0 Å². The minimum Gasteiger partial charge on any atom is -0.200 e. The summed E-state index contributed by atoms with van der Waals surface area (Å²) in [5.74, 6) is -60.6. The van der Waals surface area contributed by atoms with E-state index in [-0.39, 0.29) is 6.08 Å². The molecule has 0 fully saturated rings. The van der Waals surface area contributed by atoms with Gasteiger partial charge >= 0.3 is 47.4 Å². The second kappa shape index (κ2) is 8.61. The van der Waals surface area contributed by atoms with Crippen LogP contribution in [0.3, 0.4) is 0 Å². The van der Waals surface area contributed by atoms with E-state index in [9.17, 15) is 70.2 Å². The van der Waals surface area contributed by atoms with Crippen molar-refractivity contribution in [2.75, 3.05) is 0 Å². The van der Waals surface area contributed by atoms with Crippen molar-refractivity contribution >= 4 is 0 Å². The van der Waals surface area contributed by atoms with Crippen LogP contribution in [0.15, 0.2) is 24.8 Å². The Kier molecular flexibility index (Phi) is 8.17. The van der Waals surface area contributed by atoms with E-state index in [1.807, 2.05) is 0 Å². The van der Waals surface area contributed by atoms with Crippen molar-refractivity contribution in [2.45, 2.75) is 73.6 Å². The monoisotopic (exact) mass is 510 g/mol. The first-order valence-electron chi connectivity index (χ1n) is 8.12. The molecule has 0 amide bonds. The summed E-state index contributed by atoms with van der Waals surface area (Å²) in [7, 11) is 0.